The zero-order chi connectivity index (χ0) is 15.5. The molecule has 1 aliphatic rings. The van der Waals surface area contributed by atoms with Crippen LogP contribution in [0.1, 0.15) is 28.2 Å². The second-order valence-corrected chi connectivity index (χ2v) is 5.66. The number of hydrogen-bond donors (Lipinski definition) is 0. The van der Waals surface area contributed by atoms with Gasteiger partial charge >= 0.3 is 0 Å². The van der Waals surface area contributed by atoms with Crippen LogP contribution in [0.2, 0.25) is 0 Å². The Morgan fingerprint density at radius 1 is 1.27 bits per heavy atom. The first-order chi connectivity index (χ1) is 10.7. The van der Waals surface area contributed by atoms with Gasteiger partial charge in [0.05, 0.1) is 11.6 Å². The number of amides is 1. The van der Waals surface area contributed by atoms with Crippen LogP contribution in [-0.4, -0.2) is 23.2 Å². The first-order valence-electron chi connectivity index (χ1n) is 7.14. The maximum atomic E-state index is 12.0. The Morgan fingerprint density at radius 2 is 2.09 bits per heavy atom. The van der Waals surface area contributed by atoms with Crippen molar-refractivity contribution in [3.05, 3.63) is 70.8 Å². The fourth-order valence-electron chi connectivity index (χ4n) is 2.99. The molecule has 0 fully saturated rings. The normalized spacial score (nSPS) is 16.7. The molecule has 1 amide bonds. The van der Waals surface area contributed by atoms with Crippen molar-refractivity contribution in [3.63, 3.8) is 0 Å². The molecule has 0 aromatic heterocycles. The number of nitriles is 1. The molecular formula is C18H15ClN2O. The van der Waals surface area contributed by atoms with E-state index in [0.717, 1.165) is 11.1 Å². The van der Waals surface area contributed by atoms with Gasteiger partial charge in [-0.1, -0.05) is 36.4 Å². The summed E-state index contributed by atoms with van der Waals surface area (Å²) in [6.07, 6.45) is 0. The first kappa shape index (κ1) is 14.6. The molecule has 2 aromatic rings. The summed E-state index contributed by atoms with van der Waals surface area (Å²) in [5.74, 6) is 0.00987. The minimum atomic E-state index is -0.0578. The third-order valence-electron chi connectivity index (χ3n) is 4.08. The van der Waals surface area contributed by atoms with Crippen molar-refractivity contribution in [3.8, 4) is 6.07 Å². The Bertz CT molecular complexity index is 751. The highest BCUT2D eigenvalue weighted by Crippen LogP contribution is 2.33. The number of halogens is 1. The number of carbonyl (C=O) groups is 1. The van der Waals surface area contributed by atoms with Crippen LogP contribution in [0, 0.1) is 11.3 Å². The van der Waals surface area contributed by atoms with Crippen LogP contribution in [0.5, 0.6) is 0 Å². The van der Waals surface area contributed by atoms with Gasteiger partial charge in [-0.25, -0.2) is 0 Å². The molecule has 3 rings (SSSR count). The van der Waals surface area contributed by atoms with E-state index in [0.29, 0.717) is 18.7 Å². The highest BCUT2D eigenvalue weighted by Gasteiger charge is 2.28. The summed E-state index contributed by atoms with van der Waals surface area (Å²) in [5.41, 5.74) is 4.05. The van der Waals surface area contributed by atoms with Gasteiger partial charge in [0.2, 0.25) is 5.91 Å². The van der Waals surface area contributed by atoms with Gasteiger partial charge < -0.3 is 4.90 Å². The molecule has 1 aliphatic heterocycles. The van der Waals surface area contributed by atoms with E-state index in [9.17, 15) is 4.79 Å². The first-order valence-corrected chi connectivity index (χ1v) is 7.68. The summed E-state index contributed by atoms with van der Waals surface area (Å²) in [6, 6.07) is 17.9. The summed E-state index contributed by atoms with van der Waals surface area (Å²) in [5, 5.41) is 9.10. The van der Waals surface area contributed by atoms with Crippen molar-refractivity contribution >= 4 is 17.5 Å². The van der Waals surface area contributed by atoms with E-state index in [1.807, 2.05) is 36.4 Å². The van der Waals surface area contributed by atoms with Crippen molar-refractivity contribution in [1.29, 1.82) is 5.26 Å². The monoisotopic (exact) mass is 310 g/mol. The molecule has 0 saturated heterocycles. The van der Waals surface area contributed by atoms with E-state index in [2.05, 4.69) is 12.1 Å². The fraction of sp³-hybridized carbons (Fsp3) is 0.222. The minimum Gasteiger partial charge on any atom is -0.336 e. The number of fused-ring (bicyclic) bond motifs is 1. The third kappa shape index (κ3) is 2.70. The van der Waals surface area contributed by atoms with Gasteiger partial charge in [0.1, 0.15) is 5.88 Å². The highest BCUT2D eigenvalue weighted by molar-refractivity contribution is 6.27. The zero-order valence-electron chi connectivity index (χ0n) is 12.0. The molecule has 110 valence electrons. The number of alkyl halides is 1. The highest BCUT2D eigenvalue weighted by atomic mass is 35.5. The van der Waals surface area contributed by atoms with Gasteiger partial charge in [-0.05, 0) is 28.8 Å². The topological polar surface area (TPSA) is 44.1 Å². The maximum absolute atomic E-state index is 12.0. The van der Waals surface area contributed by atoms with Crippen molar-refractivity contribution in [2.24, 2.45) is 0 Å². The van der Waals surface area contributed by atoms with E-state index in [1.165, 1.54) is 5.56 Å². The predicted octanol–water partition coefficient (Wildman–Crippen LogP) is 3.27. The molecule has 1 unspecified atom stereocenters. The molecule has 1 heterocycles. The number of benzene rings is 2. The van der Waals surface area contributed by atoms with Crippen LogP contribution in [0.4, 0.5) is 0 Å². The van der Waals surface area contributed by atoms with Crippen molar-refractivity contribution < 1.29 is 4.79 Å². The number of carbonyl (C=O) groups excluding carboxylic acids is 1. The summed E-state index contributed by atoms with van der Waals surface area (Å²) >= 11 is 5.72. The Kier molecular flexibility index (Phi) is 4.13. The average Bonchev–Trinajstić information content (AvgIpc) is 2.60. The standard InChI is InChI=1S/C18H15ClN2O/c19-9-18(22)21-11-15-5-1-2-7-16(15)17(12-21)14-6-3-4-13(8-14)10-20/h1-8,17H,9,11-12H2. The minimum absolute atomic E-state index is 0.00682. The second kappa shape index (κ2) is 6.21. The van der Waals surface area contributed by atoms with E-state index < -0.39 is 0 Å². The largest absolute Gasteiger partial charge is 0.336 e. The molecule has 22 heavy (non-hydrogen) atoms. The molecule has 4 heteroatoms. The van der Waals surface area contributed by atoms with Crippen LogP contribution in [0.25, 0.3) is 0 Å². The number of nitrogens with zero attached hydrogens (tertiary/aromatic N) is 2. The van der Waals surface area contributed by atoms with Gasteiger partial charge in [-0.2, -0.15) is 5.26 Å². The van der Waals surface area contributed by atoms with E-state index in [1.54, 1.807) is 11.0 Å². The molecule has 0 bridgehead atoms. The van der Waals surface area contributed by atoms with Crippen LogP contribution in [-0.2, 0) is 11.3 Å². The number of rotatable bonds is 2. The van der Waals surface area contributed by atoms with Gasteiger partial charge in [-0.3, -0.25) is 4.79 Å². The van der Waals surface area contributed by atoms with Crippen LogP contribution in [0.3, 0.4) is 0 Å². The lowest BCUT2D eigenvalue weighted by Gasteiger charge is -2.34. The molecular weight excluding hydrogens is 296 g/mol. The lowest BCUT2D eigenvalue weighted by Crippen LogP contribution is -2.39. The van der Waals surface area contributed by atoms with Crippen molar-refractivity contribution in [1.82, 2.24) is 4.90 Å². The SMILES string of the molecule is N#Cc1cccc(C2CN(C(=O)CCl)Cc3ccccc32)c1. The van der Waals surface area contributed by atoms with Crippen molar-refractivity contribution in [2.75, 3.05) is 12.4 Å². The number of hydrogen-bond acceptors (Lipinski definition) is 2. The fourth-order valence-corrected chi connectivity index (χ4v) is 3.16. The van der Waals surface area contributed by atoms with Crippen LogP contribution >= 0.6 is 11.6 Å². The van der Waals surface area contributed by atoms with E-state index >= 15 is 0 Å². The molecule has 0 radical (unpaired) electrons. The molecule has 0 aliphatic carbocycles. The maximum Gasteiger partial charge on any atom is 0.237 e. The van der Waals surface area contributed by atoms with Crippen LogP contribution < -0.4 is 0 Å². The molecule has 3 nitrogen and oxygen atoms in total. The molecule has 0 spiro atoms. The zero-order valence-corrected chi connectivity index (χ0v) is 12.8. The van der Waals surface area contributed by atoms with E-state index in [-0.39, 0.29) is 17.7 Å². The van der Waals surface area contributed by atoms with Gasteiger partial charge in [0, 0.05) is 19.0 Å². The predicted molar refractivity (Wildman–Crippen MR) is 85.6 cm³/mol. The second-order valence-electron chi connectivity index (χ2n) is 5.40. The Labute approximate surface area is 134 Å². The summed E-state index contributed by atoms with van der Waals surface area (Å²) in [6.45, 7) is 1.19. The molecule has 0 N–H and O–H groups in total. The summed E-state index contributed by atoms with van der Waals surface area (Å²) < 4.78 is 0. The average molecular weight is 311 g/mol. The molecule has 0 saturated carbocycles. The van der Waals surface area contributed by atoms with Gasteiger partial charge in [-0.15, -0.1) is 11.6 Å². The lowest BCUT2D eigenvalue weighted by molar-refractivity contribution is -0.129. The van der Waals surface area contributed by atoms with Crippen LogP contribution in [0.15, 0.2) is 48.5 Å². The van der Waals surface area contributed by atoms with E-state index in [4.69, 9.17) is 16.9 Å². The van der Waals surface area contributed by atoms with Crippen molar-refractivity contribution in [2.45, 2.75) is 12.5 Å². The summed E-state index contributed by atoms with van der Waals surface area (Å²) in [4.78, 5) is 13.8. The smallest absolute Gasteiger partial charge is 0.237 e. The van der Waals surface area contributed by atoms with Gasteiger partial charge in [0.15, 0.2) is 0 Å². The van der Waals surface area contributed by atoms with Gasteiger partial charge in [0.25, 0.3) is 0 Å². The third-order valence-corrected chi connectivity index (χ3v) is 4.31. The molecule has 1 atom stereocenters. The lowest BCUT2D eigenvalue weighted by atomic mass is 9.84. The quantitative estimate of drug-likeness (QED) is 0.799. The Morgan fingerprint density at radius 3 is 2.86 bits per heavy atom. The Hall–Kier alpha value is -2.31. The molecule has 2 aromatic carbocycles. The summed E-state index contributed by atoms with van der Waals surface area (Å²) in [7, 11) is 0. The Balaban J connectivity index is 2.05.